The number of carbonyl (C=O) groups is 2. The molecule has 3 heteroatoms. The van der Waals surface area contributed by atoms with Crippen molar-refractivity contribution in [3.05, 3.63) is 11.6 Å². The minimum absolute atomic E-state index is 0.0620. The molecule has 0 radical (unpaired) electrons. The molecule has 7 unspecified atom stereocenters. The highest BCUT2D eigenvalue weighted by Crippen LogP contribution is 2.75. The Morgan fingerprint density at radius 3 is 2.24 bits per heavy atom. The third kappa shape index (κ3) is 2.80. The van der Waals surface area contributed by atoms with E-state index in [0.29, 0.717) is 17.6 Å². The Hall–Kier alpha value is -1.12. The van der Waals surface area contributed by atoms with Gasteiger partial charge in [-0.1, -0.05) is 60.1 Å². The molecule has 7 atom stereocenters. The van der Waals surface area contributed by atoms with E-state index in [2.05, 4.69) is 54.5 Å². The molecule has 5 rings (SSSR count). The number of carboxylic acid groups (broad SMARTS) is 1. The van der Waals surface area contributed by atoms with Gasteiger partial charge in [0.05, 0.1) is 5.41 Å². The summed E-state index contributed by atoms with van der Waals surface area (Å²) >= 11 is 0. The van der Waals surface area contributed by atoms with Gasteiger partial charge in [-0.2, -0.15) is 0 Å². The van der Waals surface area contributed by atoms with Crippen molar-refractivity contribution in [3.63, 3.8) is 0 Å². The Balaban J connectivity index is 1.60. The lowest BCUT2D eigenvalue weighted by Gasteiger charge is -2.70. The molecule has 0 aromatic carbocycles. The molecule has 184 valence electrons. The number of fused-ring (bicyclic) bond motifs is 7. The average Bonchev–Trinajstić information content (AvgIpc) is 2.71. The highest BCUT2D eigenvalue weighted by atomic mass is 16.4. The lowest BCUT2D eigenvalue weighted by Crippen LogP contribution is -2.64. The van der Waals surface area contributed by atoms with Gasteiger partial charge in [-0.15, -0.1) is 0 Å². The molecule has 0 spiro atoms. The summed E-state index contributed by atoms with van der Waals surface area (Å²) in [6.07, 6.45) is 12.3. The number of allylic oxidation sites excluding steroid dienone is 2. The van der Waals surface area contributed by atoms with Crippen LogP contribution < -0.4 is 0 Å². The van der Waals surface area contributed by atoms with Gasteiger partial charge in [0.25, 0.3) is 0 Å². The average molecular weight is 455 g/mol. The zero-order chi connectivity index (χ0) is 24.2. The number of Topliss-reactive ketones (excluding diaryl/α,β-unsaturated/α-hetero) is 1. The van der Waals surface area contributed by atoms with E-state index in [1.54, 1.807) is 0 Å². The van der Waals surface area contributed by atoms with E-state index in [1.807, 2.05) is 0 Å². The van der Waals surface area contributed by atoms with Gasteiger partial charge in [0.15, 0.2) is 0 Å². The number of hydrogen-bond acceptors (Lipinski definition) is 2. The number of carbonyl (C=O) groups excluding carboxylic acids is 1. The van der Waals surface area contributed by atoms with Crippen LogP contribution in [0.3, 0.4) is 0 Å². The fourth-order valence-electron chi connectivity index (χ4n) is 10.4. The van der Waals surface area contributed by atoms with Gasteiger partial charge in [0, 0.05) is 11.8 Å². The van der Waals surface area contributed by atoms with Crippen LogP contribution in [0.2, 0.25) is 0 Å². The number of rotatable bonds is 1. The molecule has 0 heterocycles. The van der Waals surface area contributed by atoms with Gasteiger partial charge in [-0.3, -0.25) is 9.59 Å². The van der Waals surface area contributed by atoms with Crippen LogP contribution in [0.1, 0.15) is 113 Å². The van der Waals surface area contributed by atoms with E-state index < -0.39 is 11.4 Å². The summed E-state index contributed by atoms with van der Waals surface area (Å²) in [7, 11) is 0. The molecule has 5 aliphatic carbocycles. The van der Waals surface area contributed by atoms with Crippen LogP contribution in [0.15, 0.2) is 11.6 Å². The van der Waals surface area contributed by atoms with Crippen molar-refractivity contribution in [2.75, 3.05) is 0 Å². The van der Waals surface area contributed by atoms with Crippen LogP contribution in [-0.4, -0.2) is 16.9 Å². The quantitative estimate of drug-likeness (QED) is 0.419. The molecule has 0 amide bonds. The van der Waals surface area contributed by atoms with E-state index in [0.717, 1.165) is 57.8 Å². The lowest BCUT2D eigenvalue weighted by atomic mass is 9.33. The van der Waals surface area contributed by atoms with Crippen molar-refractivity contribution in [3.8, 4) is 0 Å². The van der Waals surface area contributed by atoms with Gasteiger partial charge >= 0.3 is 5.97 Å². The summed E-state index contributed by atoms with van der Waals surface area (Å²) in [5.41, 5.74) is 1.33. The third-order valence-electron chi connectivity index (χ3n) is 12.8. The number of hydrogen-bond donors (Lipinski definition) is 1. The highest BCUT2D eigenvalue weighted by Gasteiger charge is 2.69. The molecule has 4 fully saturated rings. The molecule has 1 N–H and O–H groups in total. The van der Waals surface area contributed by atoms with E-state index in [1.165, 1.54) is 12.0 Å². The predicted molar refractivity (Wildman–Crippen MR) is 132 cm³/mol. The number of ketones is 1. The standard InChI is InChI=1S/C30H46O3/c1-25(2)14-16-30(24(32)33)17-15-28(6)19(20(30)18-25)8-9-22-27(5)12-11-23(31)26(3,4)21(27)10-13-29(22,28)7/h8,20-22H,9-18H2,1-7H3,(H,32,33). The van der Waals surface area contributed by atoms with E-state index in [-0.39, 0.29) is 33.0 Å². The summed E-state index contributed by atoms with van der Waals surface area (Å²) in [5.74, 6) is 1.10. The highest BCUT2D eigenvalue weighted by molar-refractivity contribution is 5.85. The molecule has 33 heavy (non-hydrogen) atoms. The van der Waals surface area contributed by atoms with Crippen LogP contribution in [0.5, 0.6) is 0 Å². The summed E-state index contributed by atoms with van der Waals surface area (Å²) < 4.78 is 0. The van der Waals surface area contributed by atoms with Crippen molar-refractivity contribution < 1.29 is 14.7 Å². The fraction of sp³-hybridized carbons (Fsp3) is 0.867. The van der Waals surface area contributed by atoms with Gasteiger partial charge in [0.1, 0.15) is 5.78 Å². The Morgan fingerprint density at radius 2 is 1.58 bits per heavy atom. The minimum atomic E-state index is -0.565. The lowest BCUT2D eigenvalue weighted by molar-refractivity contribution is -0.189. The molecule has 0 aromatic heterocycles. The van der Waals surface area contributed by atoms with Crippen molar-refractivity contribution >= 4 is 11.8 Å². The molecule has 0 bridgehead atoms. The van der Waals surface area contributed by atoms with Crippen LogP contribution in [-0.2, 0) is 9.59 Å². The fourth-order valence-corrected chi connectivity index (χ4v) is 10.4. The maximum absolute atomic E-state index is 12.9. The first kappa shape index (κ1) is 23.6. The second-order valence-corrected chi connectivity index (χ2v) is 14.8. The third-order valence-corrected chi connectivity index (χ3v) is 12.8. The maximum atomic E-state index is 12.9. The molecule has 5 aliphatic rings. The minimum Gasteiger partial charge on any atom is -0.481 e. The molecule has 0 aliphatic heterocycles. The van der Waals surface area contributed by atoms with Crippen molar-refractivity contribution in [2.45, 2.75) is 113 Å². The Bertz CT molecular complexity index is 927. The van der Waals surface area contributed by atoms with Crippen molar-refractivity contribution in [1.29, 1.82) is 0 Å². The largest absolute Gasteiger partial charge is 0.481 e. The zero-order valence-corrected chi connectivity index (χ0v) is 22.1. The topological polar surface area (TPSA) is 54.4 Å². The van der Waals surface area contributed by atoms with E-state index >= 15 is 0 Å². The van der Waals surface area contributed by atoms with Gasteiger partial charge in [0.2, 0.25) is 0 Å². The first-order valence-corrected chi connectivity index (χ1v) is 13.6. The molecule has 0 saturated heterocycles. The Kier molecular flexibility index (Phi) is 4.83. The van der Waals surface area contributed by atoms with Crippen LogP contribution >= 0.6 is 0 Å². The van der Waals surface area contributed by atoms with Crippen LogP contribution in [0, 0.1) is 50.2 Å². The predicted octanol–water partition coefficient (Wildman–Crippen LogP) is 7.44. The smallest absolute Gasteiger partial charge is 0.310 e. The van der Waals surface area contributed by atoms with Gasteiger partial charge < -0.3 is 5.11 Å². The summed E-state index contributed by atoms with van der Waals surface area (Å²) in [5, 5.41) is 10.5. The molecular formula is C30H46O3. The van der Waals surface area contributed by atoms with Crippen LogP contribution in [0.25, 0.3) is 0 Å². The zero-order valence-electron chi connectivity index (χ0n) is 22.1. The van der Waals surface area contributed by atoms with Crippen LogP contribution in [0.4, 0.5) is 0 Å². The second kappa shape index (κ2) is 6.76. The Morgan fingerprint density at radius 1 is 0.909 bits per heavy atom. The Labute approximate surface area is 201 Å². The molecule has 4 saturated carbocycles. The summed E-state index contributed by atoms with van der Waals surface area (Å²) in [6.45, 7) is 16.6. The number of carboxylic acids is 1. The SMILES string of the molecule is CC1(C)CCC2(C(=O)O)CCC3(C)C(=CCC4C5(C)CCC(=O)C(C)(C)C5CCC43C)C2C1. The van der Waals surface area contributed by atoms with Gasteiger partial charge in [-0.25, -0.2) is 0 Å². The van der Waals surface area contributed by atoms with Crippen molar-refractivity contribution in [2.24, 2.45) is 50.2 Å². The summed E-state index contributed by atoms with van der Waals surface area (Å²) in [4.78, 5) is 25.6. The summed E-state index contributed by atoms with van der Waals surface area (Å²) in [6, 6.07) is 0. The number of aliphatic carboxylic acids is 1. The normalized spacial score (nSPS) is 50.2. The first-order valence-electron chi connectivity index (χ1n) is 13.6. The monoisotopic (exact) mass is 454 g/mol. The van der Waals surface area contributed by atoms with E-state index in [4.69, 9.17) is 0 Å². The molecule has 3 nitrogen and oxygen atoms in total. The first-order chi connectivity index (χ1) is 15.1. The molecular weight excluding hydrogens is 408 g/mol. The second-order valence-electron chi connectivity index (χ2n) is 14.8. The molecule has 0 aromatic rings. The van der Waals surface area contributed by atoms with E-state index in [9.17, 15) is 14.7 Å². The van der Waals surface area contributed by atoms with Crippen molar-refractivity contribution in [1.82, 2.24) is 0 Å². The maximum Gasteiger partial charge on any atom is 0.310 e. The van der Waals surface area contributed by atoms with Gasteiger partial charge in [-0.05, 0) is 97.2 Å².